The lowest BCUT2D eigenvalue weighted by Crippen LogP contribution is -1.90. The molecule has 1 aromatic heterocycles. The number of hydrogen-bond acceptors (Lipinski definition) is 4. The second kappa shape index (κ2) is 6.71. The van der Waals surface area contributed by atoms with Gasteiger partial charge in [-0.05, 0) is 49.6 Å². The summed E-state index contributed by atoms with van der Waals surface area (Å²) < 4.78 is 20.3. The molecule has 0 aliphatic heterocycles. The predicted molar refractivity (Wildman–Crippen MR) is 96.8 cm³/mol. The Bertz CT molecular complexity index is 958. The van der Waals surface area contributed by atoms with Gasteiger partial charge in [0.05, 0.1) is 11.3 Å². The Balaban J connectivity index is 2.25. The van der Waals surface area contributed by atoms with Crippen molar-refractivity contribution < 1.29 is 8.73 Å². The van der Waals surface area contributed by atoms with Crippen LogP contribution in [0.4, 0.5) is 5.69 Å². The van der Waals surface area contributed by atoms with Crippen LogP contribution in [-0.2, 0) is 11.5 Å². The molecule has 0 bridgehead atoms. The quantitative estimate of drug-likeness (QED) is 0.611. The van der Waals surface area contributed by atoms with Crippen LogP contribution in [0.1, 0.15) is 16.9 Å². The molecule has 0 N–H and O–H groups in total. The van der Waals surface area contributed by atoms with Crippen LogP contribution in [0.3, 0.4) is 0 Å². The lowest BCUT2D eigenvalue weighted by Gasteiger charge is -2.11. The van der Waals surface area contributed by atoms with Crippen LogP contribution in [0, 0.1) is 20.8 Å². The number of rotatable bonds is 3. The van der Waals surface area contributed by atoms with Crippen molar-refractivity contribution >= 4 is 28.8 Å². The number of aryl methyl sites for hydroxylation is 2. The smallest absolute Gasteiger partial charge is 0.205 e. The molecular weight excluding hydrogens is 344 g/mol. The van der Waals surface area contributed by atoms with E-state index in [1.165, 1.54) is 0 Å². The van der Waals surface area contributed by atoms with Crippen LogP contribution in [0.15, 0.2) is 45.3 Å². The van der Waals surface area contributed by atoms with Crippen LogP contribution in [0.5, 0.6) is 0 Å². The van der Waals surface area contributed by atoms with E-state index in [0.717, 1.165) is 33.5 Å². The molecule has 0 saturated carbocycles. The summed E-state index contributed by atoms with van der Waals surface area (Å²) in [6.45, 7) is 5.77. The second-order valence-electron chi connectivity index (χ2n) is 5.54. The molecule has 3 aromatic rings. The van der Waals surface area contributed by atoms with Crippen LogP contribution >= 0.6 is 11.6 Å². The molecule has 0 spiro atoms. The molecule has 0 amide bonds. The normalized spacial score (nSPS) is 10.7. The average Bonchev–Trinajstić information content (AvgIpc) is 2.94. The Morgan fingerprint density at radius 3 is 2.46 bits per heavy atom. The molecule has 0 aliphatic rings. The summed E-state index contributed by atoms with van der Waals surface area (Å²) in [5, 5.41) is 4.88. The first-order valence-corrected chi connectivity index (χ1v) is 8.43. The lowest BCUT2D eigenvalue weighted by molar-refractivity contribution is 0.400. The molecule has 2 aromatic carbocycles. The molecule has 0 unspecified atom stereocenters. The van der Waals surface area contributed by atoms with Gasteiger partial charge in [-0.1, -0.05) is 41.0 Å². The lowest BCUT2D eigenvalue weighted by atomic mass is 9.93. The molecule has 0 atom stereocenters. The third-order valence-electron chi connectivity index (χ3n) is 4.01. The Morgan fingerprint density at radius 1 is 1.08 bits per heavy atom. The zero-order chi connectivity index (χ0) is 17.3. The standard InChI is InChI=1S/C18H15ClN2O2S/c1-10-4-9-15(11(2)17(10)21-24-22)16-12(3)23-20-18(16)13-5-7-14(19)8-6-13/h4-9H,1-3H3. The van der Waals surface area contributed by atoms with E-state index in [4.69, 9.17) is 16.1 Å². The highest BCUT2D eigenvalue weighted by atomic mass is 35.5. The minimum absolute atomic E-state index is 0.217. The first-order chi connectivity index (χ1) is 11.5. The second-order valence-corrected chi connectivity index (χ2v) is 6.31. The van der Waals surface area contributed by atoms with Gasteiger partial charge in [0.15, 0.2) is 0 Å². The van der Waals surface area contributed by atoms with E-state index in [1.807, 2.05) is 57.2 Å². The molecule has 0 fully saturated rings. The van der Waals surface area contributed by atoms with Gasteiger partial charge >= 0.3 is 0 Å². The summed E-state index contributed by atoms with van der Waals surface area (Å²) in [6, 6.07) is 11.4. The molecule has 0 saturated heterocycles. The van der Waals surface area contributed by atoms with Gasteiger partial charge in [0.2, 0.25) is 11.5 Å². The van der Waals surface area contributed by atoms with Crippen LogP contribution in [0.25, 0.3) is 22.4 Å². The fourth-order valence-electron chi connectivity index (χ4n) is 2.78. The molecule has 4 nitrogen and oxygen atoms in total. The maximum Gasteiger partial charge on any atom is 0.205 e. The van der Waals surface area contributed by atoms with Crippen molar-refractivity contribution in [1.29, 1.82) is 0 Å². The predicted octanol–water partition coefficient (Wildman–Crippen LogP) is 5.62. The van der Waals surface area contributed by atoms with Crippen LogP contribution in [0.2, 0.25) is 5.02 Å². The molecule has 122 valence electrons. The molecular formula is C18H15ClN2O2S. The highest BCUT2D eigenvalue weighted by molar-refractivity contribution is 7.54. The summed E-state index contributed by atoms with van der Waals surface area (Å²) in [7, 11) is 0. The Morgan fingerprint density at radius 2 is 1.79 bits per heavy atom. The highest BCUT2D eigenvalue weighted by Crippen LogP contribution is 2.39. The van der Waals surface area contributed by atoms with Gasteiger partial charge in [0.25, 0.3) is 0 Å². The number of nitrogens with zero attached hydrogens (tertiary/aromatic N) is 2. The third kappa shape index (κ3) is 2.92. The van der Waals surface area contributed by atoms with Crippen molar-refractivity contribution in [2.75, 3.05) is 0 Å². The summed E-state index contributed by atoms with van der Waals surface area (Å²) in [4.78, 5) is 0. The van der Waals surface area contributed by atoms with E-state index in [-0.39, 0.29) is 11.5 Å². The van der Waals surface area contributed by atoms with Crippen LogP contribution in [-0.4, -0.2) is 9.37 Å². The van der Waals surface area contributed by atoms with E-state index in [2.05, 4.69) is 9.52 Å². The molecule has 0 radical (unpaired) electrons. The van der Waals surface area contributed by atoms with Gasteiger partial charge in [-0.3, -0.25) is 0 Å². The van der Waals surface area contributed by atoms with E-state index >= 15 is 0 Å². The summed E-state index contributed by atoms with van der Waals surface area (Å²) in [5.41, 5.74) is 6.12. The number of benzene rings is 2. The number of halogens is 1. The van der Waals surface area contributed by atoms with E-state index < -0.39 is 0 Å². The summed E-state index contributed by atoms with van der Waals surface area (Å²) >= 11 is 6.19. The van der Waals surface area contributed by atoms with Crippen molar-refractivity contribution in [2.45, 2.75) is 20.8 Å². The van der Waals surface area contributed by atoms with Gasteiger partial charge in [0, 0.05) is 10.6 Å². The van der Waals surface area contributed by atoms with Crippen molar-refractivity contribution in [1.82, 2.24) is 5.16 Å². The average molecular weight is 359 g/mol. The minimum Gasteiger partial charge on any atom is -0.360 e. The molecule has 1 heterocycles. The molecule has 24 heavy (non-hydrogen) atoms. The van der Waals surface area contributed by atoms with Gasteiger partial charge in [-0.15, -0.1) is 0 Å². The fourth-order valence-corrected chi connectivity index (χ4v) is 3.26. The summed E-state index contributed by atoms with van der Waals surface area (Å²) in [6.07, 6.45) is 0. The number of hydrogen-bond donors (Lipinski definition) is 0. The zero-order valence-corrected chi connectivity index (χ0v) is 15.0. The Hall–Kier alpha value is -2.24. The molecule has 6 heteroatoms. The Kier molecular flexibility index (Phi) is 4.64. The molecule has 0 aliphatic carbocycles. The van der Waals surface area contributed by atoms with Crippen molar-refractivity contribution in [3.05, 3.63) is 58.3 Å². The monoisotopic (exact) mass is 358 g/mol. The van der Waals surface area contributed by atoms with E-state index in [1.54, 1.807) is 0 Å². The molecule has 3 rings (SSSR count). The Labute approximate surface area is 148 Å². The van der Waals surface area contributed by atoms with Crippen molar-refractivity contribution in [2.24, 2.45) is 4.36 Å². The van der Waals surface area contributed by atoms with Gasteiger partial charge in [-0.2, -0.15) is 8.57 Å². The first kappa shape index (κ1) is 16.6. The zero-order valence-electron chi connectivity index (χ0n) is 13.5. The fraction of sp³-hybridized carbons (Fsp3) is 0.167. The topological polar surface area (TPSA) is 55.5 Å². The van der Waals surface area contributed by atoms with E-state index in [9.17, 15) is 4.21 Å². The maximum absolute atomic E-state index is 10.9. The van der Waals surface area contributed by atoms with Crippen LogP contribution < -0.4 is 0 Å². The number of aromatic nitrogens is 1. The minimum atomic E-state index is 0.217. The highest BCUT2D eigenvalue weighted by Gasteiger charge is 2.20. The van der Waals surface area contributed by atoms with Gasteiger partial charge in [0.1, 0.15) is 11.5 Å². The van der Waals surface area contributed by atoms with Gasteiger partial charge < -0.3 is 4.52 Å². The van der Waals surface area contributed by atoms with E-state index in [0.29, 0.717) is 16.5 Å². The van der Waals surface area contributed by atoms with Crippen molar-refractivity contribution in [3.8, 4) is 22.4 Å². The largest absolute Gasteiger partial charge is 0.360 e. The maximum atomic E-state index is 10.9. The third-order valence-corrected chi connectivity index (χ3v) is 4.52. The van der Waals surface area contributed by atoms with Gasteiger partial charge in [-0.25, -0.2) is 0 Å². The van der Waals surface area contributed by atoms with Crippen molar-refractivity contribution in [3.63, 3.8) is 0 Å². The first-order valence-electron chi connectivity index (χ1n) is 7.35. The SMILES string of the molecule is Cc1ccc(-c2c(-c3ccc(Cl)cc3)noc2C)c(C)c1N=S=O. The summed E-state index contributed by atoms with van der Waals surface area (Å²) in [5.74, 6) is 0.715.